The van der Waals surface area contributed by atoms with Gasteiger partial charge in [0.15, 0.2) is 5.17 Å². The first-order valence-electron chi connectivity index (χ1n) is 10.5. The Labute approximate surface area is 201 Å². The highest BCUT2D eigenvalue weighted by atomic mass is 35.5. The third kappa shape index (κ3) is 4.96. The Morgan fingerprint density at radius 2 is 2.12 bits per heavy atom. The van der Waals surface area contributed by atoms with Crippen molar-refractivity contribution in [1.82, 2.24) is 15.2 Å². The van der Waals surface area contributed by atoms with Gasteiger partial charge < -0.3 is 15.0 Å². The third-order valence-corrected chi connectivity index (χ3v) is 6.47. The zero-order chi connectivity index (χ0) is 23.4. The Balaban J connectivity index is 1.64. The van der Waals surface area contributed by atoms with Crippen LogP contribution in [0.4, 0.5) is 0 Å². The molecule has 2 aromatic rings. The molecule has 0 radical (unpaired) electrons. The van der Waals surface area contributed by atoms with Crippen molar-refractivity contribution < 1.29 is 14.3 Å². The highest BCUT2D eigenvalue weighted by molar-refractivity contribution is 8.16. The summed E-state index contributed by atoms with van der Waals surface area (Å²) < 4.78 is 5.12. The van der Waals surface area contributed by atoms with Crippen molar-refractivity contribution in [1.29, 1.82) is 0 Å². The number of rotatable bonds is 7. The van der Waals surface area contributed by atoms with Gasteiger partial charge in [0, 0.05) is 29.7 Å². The Kier molecular flexibility index (Phi) is 7.15. The molecule has 0 aliphatic carbocycles. The summed E-state index contributed by atoms with van der Waals surface area (Å²) in [4.78, 5) is 36.4. The highest BCUT2D eigenvalue weighted by Gasteiger charge is 2.41. The number of methoxy groups -OCH3 is 1. The lowest BCUT2D eigenvalue weighted by molar-refractivity contribution is -0.136. The first-order valence-corrected chi connectivity index (χ1v) is 11.7. The summed E-state index contributed by atoms with van der Waals surface area (Å²) in [5.41, 5.74) is 3.62. The first kappa shape index (κ1) is 23.1. The van der Waals surface area contributed by atoms with Crippen LogP contribution >= 0.6 is 23.4 Å². The maximum atomic E-state index is 12.9. The van der Waals surface area contributed by atoms with E-state index in [1.54, 1.807) is 18.5 Å². The van der Waals surface area contributed by atoms with E-state index < -0.39 is 12.0 Å². The fourth-order valence-corrected chi connectivity index (χ4v) is 4.97. The van der Waals surface area contributed by atoms with E-state index in [0.717, 1.165) is 22.0 Å². The number of aliphatic imine (C=N–C) groups is 1. The maximum absolute atomic E-state index is 12.9. The van der Waals surface area contributed by atoms with Crippen LogP contribution in [-0.2, 0) is 20.9 Å². The number of amidine groups is 1. The molecule has 0 spiro atoms. The molecular weight excluding hydrogens is 460 g/mol. The second kappa shape index (κ2) is 10.2. The van der Waals surface area contributed by atoms with Crippen LogP contribution in [0.3, 0.4) is 0 Å². The minimum absolute atomic E-state index is 0.137. The van der Waals surface area contributed by atoms with E-state index in [1.807, 2.05) is 47.6 Å². The van der Waals surface area contributed by atoms with Crippen LogP contribution in [-0.4, -0.2) is 34.0 Å². The van der Waals surface area contributed by atoms with Crippen LogP contribution in [0.2, 0.25) is 5.02 Å². The number of fused-ring (bicyclic) bond motifs is 1. The van der Waals surface area contributed by atoms with Crippen LogP contribution in [0.25, 0.3) is 0 Å². The van der Waals surface area contributed by atoms with Crippen molar-refractivity contribution in [3.8, 4) is 0 Å². The number of halogens is 1. The maximum Gasteiger partial charge on any atom is 0.338 e. The number of ether oxygens (including phenoxy) is 1. The molecule has 2 aliphatic heterocycles. The van der Waals surface area contributed by atoms with Gasteiger partial charge in [0.25, 0.3) is 0 Å². The SMILES string of the molecule is CCC1=C(C(=O)OC)C(c2cccc(Cl)c2)N2C(CC(=O)NCc3cccnc3)=CSC2=N1. The molecule has 1 amide bonds. The average Bonchev–Trinajstić information content (AvgIpc) is 3.23. The first-order chi connectivity index (χ1) is 16.0. The molecule has 1 unspecified atom stereocenters. The minimum atomic E-state index is -0.494. The molecule has 0 saturated carbocycles. The topological polar surface area (TPSA) is 83.9 Å². The smallest absolute Gasteiger partial charge is 0.338 e. The van der Waals surface area contributed by atoms with Gasteiger partial charge in [0.2, 0.25) is 5.91 Å². The number of hydrogen-bond donors (Lipinski definition) is 1. The molecule has 4 rings (SSSR count). The van der Waals surface area contributed by atoms with Gasteiger partial charge in [-0.3, -0.25) is 9.78 Å². The number of carbonyl (C=O) groups excluding carboxylic acids is 2. The van der Waals surface area contributed by atoms with Crippen molar-refractivity contribution in [3.05, 3.63) is 87.3 Å². The molecular formula is C24H23ClN4O3S. The van der Waals surface area contributed by atoms with E-state index in [-0.39, 0.29) is 12.3 Å². The van der Waals surface area contributed by atoms with E-state index in [0.29, 0.717) is 29.3 Å². The Morgan fingerprint density at radius 1 is 1.27 bits per heavy atom. The largest absolute Gasteiger partial charge is 0.466 e. The summed E-state index contributed by atoms with van der Waals surface area (Å²) in [6, 6.07) is 10.6. The average molecular weight is 483 g/mol. The molecule has 1 N–H and O–H groups in total. The second-order valence-corrected chi connectivity index (χ2v) is 8.74. The monoisotopic (exact) mass is 482 g/mol. The minimum Gasteiger partial charge on any atom is -0.466 e. The lowest BCUT2D eigenvalue weighted by Gasteiger charge is -2.36. The number of benzene rings is 1. The molecule has 0 bridgehead atoms. The highest BCUT2D eigenvalue weighted by Crippen LogP contribution is 2.45. The number of aromatic nitrogens is 1. The van der Waals surface area contributed by atoms with Gasteiger partial charge in [-0.1, -0.05) is 48.5 Å². The fourth-order valence-electron chi connectivity index (χ4n) is 3.83. The number of hydrogen-bond acceptors (Lipinski definition) is 7. The fraction of sp³-hybridized carbons (Fsp3) is 0.250. The molecule has 1 atom stereocenters. The molecule has 0 fully saturated rings. The summed E-state index contributed by atoms with van der Waals surface area (Å²) in [6.07, 6.45) is 4.12. The number of nitrogens with one attached hydrogen (secondary N) is 1. The van der Waals surface area contributed by atoms with Crippen LogP contribution in [0.5, 0.6) is 0 Å². The van der Waals surface area contributed by atoms with Crippen LogP contribution in [0.1, 0.15) is 36.9 Å². The predicted molar refractivity (Wildman–Crippen MR) is 129 cm³/mol. The summed E-state index contributed by atoms with van der Waals surface area (Å²) in [6.45, 7) is 2.34. The van der Waals surface area contributed by atoms with Gasteiger partial charge in [-0.05, 0) is 41.2 Å². The molecule has 33 heavy (non-hydrogen) atoms. The molecule has 170 valence electrons. The normalized spacial score (nSPS) is 17.3. The number of allylic oxidation sites excluding steroid dienone is 1. The van der Waals surface area contributed by atoms with E-state index in [9.17, 15) is 9.59 Å². The van der Waals surface area contributed by atoms with Crippen LogP contribution < -0.4 is 5.32 Å². The van der Waals surface area contributed by atoms with Gasteiger partial charge in [-0.15, -0.1) is 0 Å². The van der Waals surface area contributed by atoms with Crippen molar-refractivity contribution in [2.24, 2.45) is 4.99 Å². The second-order valence-electron chi connectivity index (χ2n) is 7.47. The number of pyridine rings is 1. The zero-order valence-electron chi connectivity index (χ0n) is 18.2. The van der Waals surface area contributed by atoms with E-state index in [1.165, 1.54) is 18.9 Å². The molecule has 7 nitrogen and oxygen atoms in total. The Hall–Kier alpha value is -3.10. The molecule has 0 saturated heterocycles. The van der Waals surface area contributed by atoms with Gasteiger partial charge >= 0.3 is 5.97 Å². The van der Waals surface area contributed by atoms with E-state index >= 15 is 0 Å². The lowest BCUT2D eigenvalue weighted by atomic mass is 9.93. The quantitative estimate of drug-likeness (QED) is 0.581. The van der Waals surface area contributed by atoms with Crippen molar-refractivity contribution in [3.63, 3.8) is 0 Å². The van der Waals surface area contributed by atoms with Gasteiger partial charge in [0.1, 0.15) is 0 Å². The van der Waals surface area contributed by atoms with Gasteiger partial charge in [0.05, 0.1) is 30.8 Å². The number of esters is 1. The van der Waals surface area contributed by atoms with Crippen molar-refractivity contribution in [2.75, 3.05) is 7.11 Å². The number of nitrogens with zero attached hydrogens (tertiary/aromatic N) is 3. The van der Waals surface area contributed by atoms with E-state index in [4.69, 9.17) is 21.3 Å². The molecule has 1 aromatic heterocycles. The molecule has 1 aromatic carbocycles. The van der Waals surface area contributed by atoms with Crippen molar-refractivity contribution in [2.45, 2.75) is 32.4 Å². The molecule has 2 aliphatic rings. The summed E-state index contributed by atoms with van der Waals surface area (Å²) in [5, 5.41) is 6.12. The Bertz CT molecular complexity index is 1160. The molecule has 9 heteroatoms. The standard InChI is InChI=1S/C24H23ClN4O3S/c1-3-19-21(23(31)32-2)22(16-7-4-8-17(25)10-16)29-18(14-33-24(29)28-19)11-20(30)27-13-15-6-5-9-26-12-15/h4-10,12,14,22H,3,11,13H2,1-2H3,(H,27,30). The zero-order valence-corrected chi connectivity index (χ0v) is 19.8. The van der Waals surface area contributed by atoms with E-state index in [2.05, 4.69) is 10.3 Å². The third-order valence-electron chi connectivity index (χ3n) is 5.35. The van der Waals surface area contributed by atoms with Gasteiger partial charge in [-0.25, -0.2) is 9.79 Å². The number of thioether (sulfide) groups is 1. The Morgan fingerprint density at radius 3 is 2.82 bits per heavy atom. The lowest BCUT2D eigenvalue weighted by Crippen LogP contribution is -2.38. The number of amides is 1. The summed E-state index contributed by atoms with van der Waals surface area (Å²) >= 11 is 7.73. The summed E-state index contributed by atoms with van der Waals surface area (Å²) in [7, 11) is 1.36. The molecule has 3 heterocycles. The van der Waals surface area contributed by atoms with Crippen LogP contribution in [0, 0.1) is 0 Å². The van der Waals surface area contributed by atoms with Gasteiger partial charge in [-0.2, -0.15) is 0 Å². The summed E-state index contributed by atoms with van der Waals surface area (Å²) in [5.74, 6) is -0.585. The van der Waals surface area contributed by atoms with Crippen molar-refractivity contribution >= 4 is 40.4 Å². The predicted octanol–water partition coefficient (Wildman–Crippen LogP) is 4.58. The van der Waals surface area contributed by atoms with Crippen LogP contribution in [0.15, 0.2) is 76.2 Å². The number of carbonyl (C=O) groups is 2.